The zero-order chi connectivity index (χ0) is 12.7. The van der Waals surface area contributed by atoms with Gasteiger partial charge < -0.3 is 5.32 Å². The molecule has 4 rings (SSSR count). The Morgan fingerprint density at radius 1 is 1.16 bits per heavy atom. The molecule has 0 amide bonds. The van der Waals surface area contributed by atoms with Crippen LogP contribution in [0.25, 0.3) is 0 Å². The summed E-state index contributed by atoms with van der Waals surface area (Å²) in [6.07, 6.45) is 6.86. The van der Waals surface area contributed by atoms with Gasteiger partial charge in [-0.15, -0.1) is 0 Å². The van der Waals surface area contributed by atoms with Gasteiger partial charge in [-0.05, 0) is 54.7 Å². The number of piperazine rings is 1. The molecule has 1 saturated heterocycles. The van der Waals surface area contributed by atoms with E-state index >= 15 is 0 Å². The first kappa shape index (κ1) is 11.9. The number of hydrogen-bond acceptors (Lipinski definition) is 2. The van der Waals surface area contributed by atoms with E-state index in [-0.39, 0.29) is 0 Å². The highest BCUT2D eigenvalue weighted by Gasteiger charge is 2.36. The minimum atomic E-state index is 0.794. The highest BCUT2D eigenvalue weighted by Crippen LogP contribution is 2.36. The molecule has 1 aromatic rings. The molecule has 1 atom stereocenters. The monoisotopic (exact) mass is 256 g/mol. The zero-order valence-corrected chi connectivity index (χ0v) is 11.7. The van der Waals surface area contributed by atoms with Gasteiger partial charge in [-0.1, -0.05) is 18.2 Å². The number of nitrogens with one attached hydrogen (secondary N) is 1. The van der Waals surface area contributed by atoms with E-state index in [9.17, 15) is 0 Å². The summed E-state index contributed by atoms with van der Waals surface area (Å²) in [7, 11) is 0. The third-order valence-corrected chi connectivity index (χ3v) is 5.11. The van der Waals surface area contributed by atoms with E-state index in [1.807, 2.05) is 0 Å². The molecule has 1 aromatic carbocycles. The lowest BCUT2D eigenvalue weighted by atomic mass is 10.0. The molecule has 0 aromatic heterocycles. The fourth-order valence-corrected chi connectivity index (χ4v) is 3.87. The quantitative estimate of drug-likeness (QED) is 0.893. The predicted molar refractivity (Wildman–Crippen MR) is 78.3 cm³/mol. The summed E-state index contributed by atoms with van der Waals surface area (Å²) in [5, 5.41) is 3.57. The highest BCUT2D eigenvalue weighted by atomic mass is 15.2. The molecule has 2 fully saturated rings. The highest BCUT2D eigenvalue weighted by molar-refractivity contribution is 5.35. The van der Waals surface area contributed by atoms with Crippen LogP contribution in [0.15, 0.2) is 18.2 Å². The van der Waals surface area contributed by atoms with Crippen molar-refractivity contribution in [3.05, 3.63) is 34.9 Å². The fourth-order valence-electron chi connectivity index (χ4n) is 3.87. The molecule has 2 heteroatoms. The number of hydrogen-bond donors (Lipinski definition) is 1. The van der Waals surface area contributed by atoms with Crippen molar-refractivity contribution in [2.24, 2.45) is 5.92 Å². The molecule has 1 aliphatic heterocycles. The lowest BCUT2D eigenvalue weighted by molar-refractivity contribution is 0.135. The summed E-state index contributed by atoms with van der Waals surface area (Å²) in [6, 6.07) is 8.03. The van der Waals surface area contributed by atoms with E-state index in [0.717, 1.165) is 25.0 Å². The average molecular weight is 256 g/mol. The molecule has 102 valence electrons. The number of benzene rings is 1. The number of nitrogens with zero attached hydrogens (tertiary/aromatic N) is 1. The van der Waals surface area contributed by atoms with Gasteiger partial charge in [0.2, 0.25) is 0 Å². The van der Waals surface area contributed by atoms with E-state index in [2.05, 4.69) is 28.4 Å². The molecule has 0 spiro atoms. The fraction of sp³-hybridized carbons (Fsp3) is 0.647. The summed E-state index contributed by atoms with van der Waals surface area (Å²) in [4.78, 5) is 2.73. The molecule has 2 aliphatic carbocycles. The van der Waals surface area contributed by atoms with Gasteiger partial charge in [0.05, 0.1) is 0 Å². The molecular formula is C17H24N2. The van der Waals surface area contributed by atoms with E-state index in [0.29, 0.717) is 0 Å². The van der Waals surface area contributed by atoms with E-state index in [4.69, 9.17) is 0 Å². The van der Waals surface area contributed by atoms with Gasteiger partial charge in [0, 0.05) is 32.2 Å². The van der Waals surface area contributed by atoms with Crippen molar-refractivity contribution < 1.29 is 0 Å². The van der Waals surface area contributed by atoms with Gasteiger partial charge in [-0.3, -0.25) is 4.90 Å². The van der Waals surface area contributed by atoms with Crippen LogP contribution in [0.3, 0.4) is 0 Å². The average Bonchev–Trinajstić information content (AvgIpc) is 3.17. The molecule has 3 aliphatic rings. The molecule has 19 heavy (non-hydrogen) atoms. The van der Waals surface area contributed by atoms with Gasteiger partial charge in [-0.25, -0.2) is 0 Å². The van der Waals surface area contributed by atoms with Crippen LogP contribution < -0.4 is 5.32 Å². The van der Waals surface area contributed by atoms with Crippen LogP contribution >= 0.6 is 0 Å². The second kappa shape index (κ2) is 4.92. The normalized spacial score (nSPS) is 27.5. The molecule has 1 heterocycles. The summed E-state index contributed by atoms with van der Waals surface area (Å²) in [5.74, 6) is 0.974. The number of rotatable bonds is 3. The molecular weight excluding hydrogens is 232 g/mol. The summed E-state index contributed by atoms with van der Waals surface area (Å²) in [6.45, 7) is 4.75. The van der Waals surface area contributed by atoms with Crippen LogP contribution in [0, 0.1) is 5.92 Å². The van der Waals surface area contributed by atoms with Gasteiger partial charge in [-0.2, -0.15) is 0 Å². The van der Waals surface area contributed by atoms with Crippen LogP contribution in [-0.2, 0) is 19.4 Å². The van der Waals surface area contributed by atoms with Crippen molar-refractivity contribution in [2.75, 3.05) is 19.6 Å². The van der Waals surface area contributed by atoms with E-state index < -0.39 is 0 Å². The third kappa shape index (κ3) is 2.44. The molecule has 0 bridgehead atoms. The lowest BCUT2D eigenvalue weighted by Gasteiger charge is -2.36. The maximum Gasteiger partial charge on any atom is 0.0252 e. The Balaban J connectivity index is 1.50. The van der Waals surface area contributed by atoms with Gasteiger partial charge in [0.25, 0.3) is 0 Å². The standard InChI is InChI=1S/C17H24N2/c1-2-14-5-4-13(10-16(14)3-1)12-19-9-8-18-11-17(19)15-6-7-15/h4-5,10,15,17-18H,1-3,6-9,11-12H2. The van der Waals surface area contributed by atoms with Crippen LogP contribution in [0.4, 0.5) is 0 Å². The zero-order valence-electron chi connectivity index (χ0n) is 11.7. The topological polar surface area (TPSA) is 15.3 Å². The van der Waals surface area contributed by atoms with Crippen molar-refractivity contribution in [1.29, 1.82) is 0 Å². The first-order valence-corrected chi connectivity index (χ1v) is 7.95. The van der Waals surface area contributed by atoms with Crippen LogP contribution in [0.2, 0.25) is 0 Å². The van der Waals surface area contributed by atoms with Crippen molar-refractivity contribution >= 4 is 0 Å². The number of fused-ring (bicyclic) bond motifs is 1. The van der Waals surface area contributed by atoms with Crippen molar-refractivity contribution in [3.8, 4) is 0 Å². The number of aryl methyl sites for hydroxylation is 2. The SMILES string of the molecule is c1cc2c(cc1CN1CCNCC1C1CC1)CCC2. The molecule has 1 saturated carbocycles. The van der Waals surface area contributed by atoms with Crippen LogP contribution in [-0.4, -0.2) is 30.6 Å². The predicted octanol–water partition coefficient (Wildman–Crippen LogP) is 2.36. The minimum Gasteiger partial charge on any atom is -0.314 e. The molecule has 0 radical (unpaired) electrons. The van der Waals surface area contributed by atoms with Crippen molar-refractivity contribution in [1.82, 2.24) is 10.2 Å². The van der Waals surface area contributed by atoms with Crippen LogP contribution in [0.5, 0.6) is 0 Å². The lowest BCUT2D eigenvalue weighted by Crippen LogP contribution is -2.51. The third-order valence-electron chi connectivity index (χ3n) is 5.11. The second-order valence-corrected chi connectivity index (χ2v) is 6.54. The maximum atomic E-state index is 3.57. The smallest absolute Gasteiger partial charge is 0.0252 e. The summed E-state index contributed by atoms with van der Waals surface area (Å²) >= 11 is 0. The Hall–Kier alpha value is -0.860. The Morgan fingerprint density at radius 3 is 2.95 bits per heavy atom. The summed E-state index contributed by atoms with van der Waals surface area (Å²) < 4.78 is 0. The van der Waals surface area contributed by atoms with Crippen LogP contribution in [0.1, 0.15) is 36.0 Å². The van der Waals surface area contributed by atoms with Crippen molar-refractivity contribution in [3.63, 3.8) is 0 Å². The molecule has 1 unspecified atom stereocenters. The molecule has 2 nitrogen and oxygen atoms in total. The van der Waals surface area contributed by atoms with Gasteiger partial charge in [0.1, 0.15) is 0 Å². The van der Waals surface area contributed by atoms with E-state index in [1.165, 1.54) is 50.8 Å². The maximum absolute atomic E-state index is 3.57. The van der Waals surface area contributed by atoms with E-state index in [1.54, 1.807) is 11.1 Å². The molecule has 1 N–H and O–H groups in total. The second-order valence-electron chi connectivity index (χ2n) is 6.54. The summed E-state index contributed by atoms with van der Waals surface area (Å²) in [5.41, 5.74) is 4.76. The Labute approximate surface area is 116 Å². The largest absolute Gasteiger partial charge is 0.314 e. The Morgan fingerprint density at radius 2 is 2.05 bits per heavy atom. The first-order chi connectivity index (χ1) is 9.40. The van der Waals surface area contributed by atoms with Gasteiger partial charge in [0.15, 0.2) is 0 Å². The minimum absolute atomic E-state index is 0.794. The van der Waals surface area contributed by atoms with Gasteiger partial charge >= 0.3 is 0 Å². The van der Waals surface area contributed by atoms with Crippen molar-refractivity contribution in [2.45, 2.75) is 44.7 Å². The Bertz CT molecular complexity index is 464. The Kier molecular flexibility index (Phi) is 3.08. The first-order valence-electron chi connectivity index (χ1n) is 7.95.